The predicted molar refractivity (Wildman–Crippen MR) is 64.5 cm³/mol. The molecular formula is C10H14N4OS. The van der Waals surface area contributed by atoms with Crippen molar-refractivity contribution in [3.63, 3.8) is 0 Å². The van der Waals surface area contributed by atoms with Crippen molar-refractivity contribution in [1.82, 2.24) is 10.2 Å². The molecule has 6 heteroatoms. The molecule has 5 nitrogen and oxygen atoms in total. The van der Waals surface area contributed by atoms with Crippen LogP contribution in [0.1, 0.15) is 23.3 Å². The van der Waals surface area contributed by atoms with Gasteiger partial charge in [0.2, 0.25) is 0 Å². The van der Waals surface area contributed by atoms with Crippen molar-refractivity contribution in [2.45, 2.75) is 18.9 Å². The number of carbonyl (C=O) groups is 1. The number of hydrogen-bond acceptors (Lipinski definition) is 5. The number of nitrogens with zero attached hydrogens (tertiary/aromatic N) is 2. The van der Waals surface area contributed by atoms with Crippen LogP contribution in [0.2, 0.25) is 0 Å². The minimum Gasteiger partial charge on any atom is -0.365 e. The van der Waals surface area contributed by atoms with Crippen molar-refractivity contribution in [2.75, 3.05) is 16.8 Å². The molecule has 0 spiro atoms. The van der Waals surface area contributed by atoms with Gasteiger partial charge in [-0.3, -0.25) is 4.79 Å². The van der Waals surface area contributed by atoms with Crippen molar-refractivity contribution in [3.8, 4) is 0 Å². The van der Waals surface area contributed by atoms with Gasteiger partial charge < -0.3 is 11.1 Å². The van der Waals surface area contributed by atoms with Gasteiger partial charge in [0.1, 0.15) is 5.82 Å². The van der Waals surface area contributed by atoms with Crippen LogP contribution in [0.4, 0.5) is 5.82 Å². The lowest BCUT2D eigenvalue weighted by Gasteiger charge is -2.22. The first-order valence-electron chi connectivity index (χ1n) is 5.23. The summed E-state index contributed by atoms with van der Waals surface area (Å²) in [7, 11) is 0. The first-order chi connectivity index (χ1) is 7.75. The Kier molecular flexibility index (Phi) is 3.61. The lowest BCUT2D eigenvalue weighted by Crippen LogP contribution is -2.26. The van der Waals surface area contributed by atoms with Crippen molar-refractivity contribution in [2.24, 2.45) is 5.73 Å². The summed E-state index contributed by atoms with van der Waals surface area (Å²) in [6, 6.07) is 3.78. The fraction of sp³-hybridized carbons (Fsp3) is 0.500. The van der Waals surface area contributed by atoms with Crippen LogP contribution in [0.25, 0.3) is 0 Å². The summed E-state index contributed by atoms with van der Waals surface area (Å²) in [5.74, 6) is 2.49. The summed E-state index contributed by atoms with van der Waals surface area (Å²) >= 11 is 1.95. The molecule has 1 aromatic heterocycles. The summed E-state index contributed by atoms with van der Waals surface area (Å²) in [6.07, 6.45) is 2.39. The van der Waals surface area contributed by atoms with Crippen molar-refractivity contribution >= 4 is 23.5 Å². The van der Waals surface area contributed by atoms with E-state index in [2.05, 4.69) is 15.5 Å². The number of nitrogens with one attached hydrogen (secondary N) is 1. The molecule has 0 bridgehead atoms. The number of thioether (sulfide) groups is 1. The van der Waals surface area contributed by atoms with Gasteiger partial charge in [0, 0.05) is 11.8 Å². The Hall–Kier alpha value is -1.30. The molecule has 1 unspecified atom stereocenters. The maximum atomic E-state index is 10.8. The molecule has 0 radical (unpaired) electrons. The van der Waals surface area contributed by atoms with Gasteiger partial charge in [-0.1, -0.05) is 0 Å². The quantitative estimate of drug-likeness (QED) is 0.817. The van der Waals surface area contributed by atoms with Crippen LogP contribution >= 0.6 is 11.8 Å². The van der Waals surface area contributed by atoms with Crippen LogP contribution in [0.5, 0.6) is 0 Å². The third-order valence-electron chi connectivity index (χ3n) is 2.43. The number of anilines is 1. The van der Waals surface area contributed by atoms with Gasteiger partial charge in [-0.2, -0.15) is 11.8 Å². The average Bonchev–Trinajstić information content (AvgIpc) is 2.31. The SMILES string of the molecule is NC(=O)c1ccc(NC2CCCSC2)nn1. The minimum atomic E-state index is -0.549. The Bertz CT molecular complexity index is 362. The maximum Gasteiger partial charge on any atom is 0.269 e. The normalized spacial score (nSPS) is 20.4. The topological polar surface area (TPSA) is 80.9 Å². The molecule has 1 aromatic rings. The van der Waals surface area contributed by atoms with E-state index in [1.54, 1.807) is 12.1 Å². The summed E-state index contributed by atoms with van der Waals surface area (Å²) in [6.45, 7) is 0. The number of hydrogen-bond donors (Lipinski definition) is 2. The number of aromatic nitrogens is 2. The van der Waals surface area contributed by atoms with E-state index < -0.39 is 5.91 Å². The molecule has 3 N–H and O–H groups in total. The van der Waals surface area contributed by atoms with Gasteiger partial charge >= 0.3 is 0 Å². The molecule has 1 amide bonds. The third-order valence-corrected chi connectivity index (χ3v) is 3.64. The second-order valence-electron chi connectivity index (χ2n) is 3.73. The lowest BCUT2D eigenvalue weighted by molar-refractivity contribution is 0.0994. The van der Waals surface area contributed by atoms with Crippen LogP contribution < -0.4 is 11.1 Å². The van der Waals surface area contributed by atoms with Gasteiger partial charge in [-0.05, 0) is 30.7 Å². The molecule has 16 heavy (non-hydrogen) atoms. The molecule has 0 saturated carbocycles. The minimum absolute atomic E-state index is 0.198. The predicted octanol–water partition coefficient (Wildman–Crippen LogP) is 0.883. The van der Waals surface area contributed by atoms with E-state index in [9.17, 15) is 4.79 Å². The molecule has 0 aromatic carbocycles. The monoisotopic (exact) mass is 238 g/mol. The lowest BCUT2D eigenvalue weighted by atomic mass is 10.2. The van der Waals surface area contributed by atoms with Crippen LogP contribution in [0.3, 0.4) is 0 Å². The highest BCUT2D eigenvalue weighted by Gasteiger charge is 2.14. The van der Waals surface area contributed by atoms with Crippen LogP contribution in [0, 0.1) is 0 Å². The van der Waals surface area contributed by atoms with E-state index in [4.69, 9.17) is 5.73 Å². The fourth-order valence-corrected chi connectivity index (χ4v) is 2.68. The molecule has 1 saturated heterocycles. The van der Waals surface area contributed by atoms with E-state index in [1.165, 1.54) is 12.2 Å². The number of rotatable bonds is 3. The van der Waals surface area contributed by atoms with E-state index in [0.29, 0.717) is 11.9 Å². The van der Waals surface area contributed by atoms with Gasteiger partial charge in [0.15, 0.2) is 5.69 Å². The highest BCUT2D eigenvalue weighted by Crippen LogP contribution is 2.19. The molecule has 2 rings (SSSR count). The summed E-state index contributed by atoms with van der Waals surface area (Å²) in [5, 5.41) is 11.0. The number of amides is 1. The molecule has 2 heterocycles. The number of primary amides is 1. The zero-order valence-electron chi connectivity index (χ0n) is 8.85. The van der Waals surface area contributed by atoms with E-state index in [-0.39, 0.29) is 5.69 Å². The molecule has 0 aliphatic carbocycles. The Morgan fingerprint density at radius 1 is 1.50 bits per heavy atom. The fourth-order valence-electron chi connectivity index (χ4n) is 1.60. The first kappa shape index (κ1) is 11.2. The smallest absolute Gasteiger partial charge is 0.269 e. The summed E-state index contributed by atoms with van der Waals surface area (Å²) in [5.41, 5.74) is 5.28. The Morgan fingerprint density at radius 2 is 2.38 bits per heavy atom. The van der Waals surface area contributed by atoms with Gasteiger partial charge in [-0.25, -0.2) is 0 Å². The van der Waals surface area contributed by atoms with Gasteiger partial charge in [-0.15, -0.1) is 10.2 Å². The van der Waals surface area contributed by atoms with Crippen molar-refractivity contribution in [3.05, 3.63) is 17.8 Å². The highest BCUT2D eigenvalue weighted by molar-refractivity contribution is 7.99. The van der Waals surface area contributed by atoms with E-state index in [1.807, 2.05) is 11.8 Å². The number of carbonyl (C=O) groups excluding carboxylic acids is 1. The Labute approximate surface area is 98.2 Å². The van der Waals surface area contributed by atoms with E-state index >= 15 is 0 Å². The maximum absolute atomic E-state index is 10.8. The van der Waals surface area contributed by atoms with E-state index in [0.717, 1.165) is 12.2 Å². The number of nitrogens with two attached hydrogens (primary N) is 1. The van der Waals surface area contributed by atoms with Crippen molar-refractivity contribution < 1.29 is 4.79 Å². The second-order valence-corrected chi connectivity index (χ2v) is 4.88. The van der Waals surface area contributed by atoms with Crippen LogP contribution in [-0.4, -0.2) is 33.7 Å². The zero-order valence-corrected chi connectivity index (χ0v) is 9.67. The highest BCUT2D eigenvalue weighted by atomic mass is 32.2. The molecule has 1 fully saturated rings. The molecule has 1 atom stereocenters. The zero-order chi connectivity index (χ0) is 11.4. The molecule has 1 aliphatic heterocycles. The van der Waals surface area contributed by atoms with Gasteiger partial charge in [0.25, 0.3) is 5.91 Å². The summed E-state index contributed by atoms with van der Waals surface area (Å²) in [4.78, 5) is 10.8. The third kappa shape index (κ3) is 2.85. The van der Waals surface area contributed by atoms with Crippen molar-refractivity contribution in [1.29, 1.82) is 0 Å². The molecule has 86 valence electrons. The molecule has 1 aliphatic rings. The Morgan fingerprint density at radius 3 is 2.94 bits per heavy atom. The van der Waals surface area contributed by atoms with Gasteiger partial charge in [0.05, 0.1) is 0 Å². The standard InChI is InChI=1S/C10H14N4OS/c11-10(15)8-3-4-9(14-13-8)12-7-2-1-5-16-6-7/h3-4,7H,1-2,5-6H2,(H2,11,15)(H,12,14). The Balaban J connectivity index is 1.96. The first-order valence-corrected chi connectivity index (χ1v) is 6.39. The largest absolute Gasteiger partial charge is 0.365 e. The van der Waals surface area contributed by atoms with Crippen LogP contribution in [0.15, 0.2) is 12.1 Å². The molecular weight excluding hydrogens is 224 g/mol. The average molecular weight is 238 g/mol. The summed E-state index contributed by atoms with van der Waals surface area (Å²) < 4.78 is 0. The van der Waals surface area contributed by atoms with Crippen LogP contribution in [-0.2, 0) is 0 Å². The second kappa shape index (κ2) is 5.16.